The maximum atomic E-state index is 13.5. The molecule has 0 radical (unpaired) electrons. The summed E-state index contributed by atoms with van der Waals surface area (Å²) in [6, 6.07) is 20.7. The zero-order chi connectivity index (χ0) is 30.1. The number of hydrogen-bond donors (Lipinski definition) is 3. The van der Waals surface area contributed by atoms with E-state index in [0.29, 0.717) is 38.1 Å². The van der Waals surface area contributed by atoms with E-state index in [0.717, 1.165) is 36.0 Å². The predicted molar refractivity (Wildman–Crippen MR) is 162 cm³/mol. The number of phenols is 2. The topological polar surface area (TPSA) is 110 Å². The number of unbranched alkanes of at least 4 members (excludes halogenated alkanes) is 2. The molecule has 1 saturated heterocycles. The predicted octanol–water partition coefficient (Wildman–Crippen LogP) is 4.50. The second-order valence-corrected chi connectivity index (χ2v) is 11.0. The van der Waals surface area contributed by atoms with Crippen LogP contribution in [0.4, 0.5) is 0 Å². The van der Waals surface area contributed by atoms with Gasteiger partial charge in [0.25, 0.3) is 0 Å². The van der Waals surface area contributed by atoms with E-state index in [4.69, 9.17) is 5.11 Å². The molecule has 2 heterocycles. The third-order valence-corrected chi connectivity index (χ3v) is 7.89. The van der Waals surface area contributed by atoms with E-state index in [2.05, 4.69) is 12.2 Å². The number of nitrogens with zero attached hydrogens (tertiary/aromatic N) is 2. The lowest BCUT2D eigenvalue weighted by Gasteiger charge is -2.45. The Morgan fingerprint density at radius 3 is 2.19 bits per heavy atom. The molecule has 3 amide bonds. The highest BCUT2D eigenvalue weighted by atomic mass is 16.3. The Labute approximate surface area is 248 Å². The molecule has 1 fully saturated rings. The maximum Gasteiger partial charge on any atom is 0.246 e. The summed E-state index contributed by atoms with van der Waals surface area (Å²) in [5.74, 6) is 0.0912. The summed E-state index contributed by atoms with van der Waals surface area (Å²) in [5.41, 5.74) is 4.34. The lowest BCUT2D eigenvalue weighted by molar-refractivity contribution is -0.161. The minimum absolute atomic E-state index is 0.0559. The van der Waals surface area contributed by atoms with Crippen LogP contribution in [0.5, 0.6) is 11.5 Å². The summed E-state index contributed by atoms with van der Waals surface area (Å²) < 4.78 is 0. The molecule has 42 heavy (non-hydrogen) atoms. The first-order valence-electron chi connectivity index (χ1n) is 14.7. The second-order valence-electron chi connectivity index (χ2n) is 11.0. The lowest BCUT2D eigenvalue weighted by atomic mass is 9.90. The van der Waals surface area contributed by atoms with E-state index in [1.54, 1.807) is 29.2 Å². The molecule has 0 aromatic heterocycles. The van der Waals surface area contributed by atoms with Crippen LogP contribution in [0.25, 0.3) is 0 Å². The molecule has 222 valence electrons. The number of aryl methyl sites for hydroxylation is 1. The quantitative estimate of drug-likeness (QED) is 0.328. The van der Waals surface area contributed by atoms with Gasteiger partial charge in [-0.1, -0.05) is 80.3 Å². The third-order valence-electron chi connectivity index (χ3n) is 7.89. The molecule has 3 N–H and O–H groups in total. The number of piperazine rings is 1. The highest BCUT2D eigenvalue weighted by Gasteiger charge is 2.45. The Hall–Kier alpha value is -4.33. The van der Waals surface area contributed by atoms with E-state index in [-0.39, 0.29) is 30.0 Å². The number of benzene rings is 3. The average Bonchev–Trinajstić information content (AvgIpc) is 2.99. The molecule has 5 rings (SSSR count). The fraction of sp³-hybridized carbons (Fsp3) is 0.382. The van der Waals surface area contributed by atoms with Crippen LogP contribution in [0.1, 0.15) is 54.9 Å². The molecule has 0 aliphatic carbocycles. The van der Waals surface area contributed by atoms with Crippen LogP contribution < -0.4 is 5.32 Å². The third kappa shape index (κ3) is 7.90. The Morgan fingerprint density at radius 1 is 0.905 bits per heavy atom. The van der Waals surface area contributed by atoms with Crippen LogP contribution >= 0.6 is 0 Å². The monoisotopic (exact) mass is 571 g/mol. The summed E-state index contributed by atoms with van der Waals surface area (Å²) in [6.07, 6.45) is 4.45. The van der Waals surface area contributed by atoms with Gasteiger partial charge in [-0.05, 0) is 60.7 Å². The summed E-state index contributed by atoms with van der Waals surface area (Å²) in [6.45, 7) is 4.89. The van der Waals surface area contributed by atoms with Crippen molar-refractivity contribution in [2.45, 2.75) is 71.0 Å². The summed E-state index contributed by atoms with van der Waals surface area (Å²) in [7, 11) is 0. The minimum Gasteiger partial charge on any atom is -0.508 e. The molecule has 0 saturated carbocycles. The van der Waals surface area contributed by atoms with Crippen molar-refractivity contribution in [3.8, 4) is 11.5 Å². The van der Waals surface area contributed by atoms with Gasteiger partial charge in [-0.3, -0.25) is 14.4 Å². The molecular weight excluding hydrogens is 530 g/mol. The van der Waals surface area contributed by atoms with Gasteiger partial charge in [-0.25, -0.2) is 0 Å². The van der Waals surface area contributed by atoms with E-state index in [1.165, 1.54) is 10.5 Å². The zero-order valence-corrected chi connectivity index (χ0v) is 24.5. The van der Waals surface area contributed by atoms with Gasteiger partial charge in [0.1, 0.15) is 30.1 Å². The first-order chi connectivity index (χ1) is 20.3. The number of phenolic OH excluding ortho intramolecular Hbond substituents is 2. The van der Waals surface area contributed by atoms with Gasteiger partial charge in [-0.2, -0.15) is 0 Å². The van der Waals surface area contributed by atoms with Crippen molar-refractivity contribution in [2.75, 3.05) is 13.1 Å². The van der Waals surface area contributed by atoms with E-state index in [9.17, 15) is 19.5 Å². The number of nitrogens with one attached hydrogen (secondary N) is 1. The lowest BCUT2D eigenvalue weighted by Crippen LogP contribution is -2.65. The van der Waals surface area contributed by atoms with E-state index in [1.807, 2.05) is 55.5 Å². The Balaban J connectivity index is 0.000000437. The number of hydrogen-bond acceptors (Lipinski definition) is 5. The van der Waals surface area contributed by atoms with Gasteiger partial charge in [-0.15, -0.1) is 0 Å². The molecule has 8 nitrogen and oxygen atoms in total. The van der Waals surface area contributed by atoms with E-state index >= 15 is 0 Å². The van der Waals surface area contributed by atoms with Gasteiger partial charge in [0.05, 0.1) is 0 Å². The second kappa shape index (κ2) is 14.5. The standard InChI is InChI=1S/C27H33N3O4.C7H8O/c1-2-3-4-9-23(26(33)28-15-14-19-10-12-22(31)13-11-19)30-18-25(32)29-17-21-8-6-5-7-20(21)16-24(29)27(30)34;1-6-2-4-7(8)5-3-6/h5-8,10-13,23-24,31H,2-4,9,14-18H2,1H3,(H,28,33);2-5,8H,1H3/t23?,24-;/m0./s1. The van der Waals surface area contributed by atoms with Gasteiger partial charge in [0, 0.05) is 19.5 Å². The number of carbonyl (C=O) groups is 3. The Bertz CT molecular complexity index is 1340. The van der Waals surface area contributed by atoms with Crippen molar-refractivity contribution in [1.82, 2.24) is 15.1 Å². The molecular formula is C34H41N3O5. The summed E-state index contributed by atoms with van der Waals surface area (Å²) in [4.78, 5) is 43.0. The average molecular weight is 572 g/mol. The van der Waals surface area contributed by atoms with Crippen molar-refractivity contribution in [3.63, 3.8) is 0 Å². The smallest absolute Gasteiger partial charge is 0.246 e. The summed E-state index contributed by atoms with van der Waals surface area (Å²) >= 11 is 0. The highest BCUT2D eigenvalue weighted by molar-refractivity contribution is 5.98. The number of fused-ring (bicyclic) bond motifs is 2. The SMILES string of the molecule is CCCCCC(C(=O)NCCc1ccc(O)cc1)N1CC(=O)N2Cc3ccccc3C[C@H]2C1=O.Cc1ccc(O)cc1. The molecule has 8 heteroatoms. The first kappa shape index (κ1) is 30.6. The van der Waals surface area contributed by atoms with Crippen LogP contribution in [0.3, 0.4) is 0 Å². The Kier molecular flexibility index (Phi) is 10.6. The zero-order valence-electron chi connectivity index (χ0n) is 24.5. The Morgan fingerprint density at radius 2 is 1.55 bits per heavy atom. The van der Waals surface area contributed by atoms with Gasteiger partial charge >= 0.3 is 0 Å². The maximum absolute atomic E-state index is 13.5. The van der Waals surface area contributed by atoms with Crippen molar-refractivity contribution >= 4 is 17.7 Å². The molecule has 0 bridgehead atoms. The number of aromatic hydroxyl groups is 2. The van der Waals surface area contributed by atoms with Crippen LogP contribution in [0, 0.1) is 6.92 Å². The molecule has 3 aromatic rings. The minimum atomic E-state index is -0.651. The molecule has 2 aliphatic rings. The van der Waals surface area contributed by atoms with Gasteiger partial charge < -0.3 is 25.3 Å². The van der Waals surface area contributed by atoms with Crippen molar-refractivity contribution < 1.29 is 24.6 Å². The van der Waals surface area contributed by atoms with E-state index < -0.39 is 12.1 Å². The molecule has 1 unspecified atom stereocenters. The fourth-order valence-electron chi connectivity index (χ4n) is 5.45. The van der Waals surface area contributed by atoms with Crippen LogP contribution in [0.15, 0.2) is 72.8 Å². The van der Waals surface area contributed by atoms with Crippen molar-refractivity contribution in [2.24, 2.45) is 0 Å². The number of carbonyl (C=O) groups excluding carboxylic acids is 3. The van der Waals surface area contributed by atoms with Crippen LogP contribution in [-0.2, 0) is 33.8 Å². The molecule has 0 spiro atoms. The number of rotatable bonds is 9. The fourth-order valence-corrected chi connectivity index (χ4v) is 5.45. The molecule has 2 atom stereocenters. The summed E-state index contributed by atoms with van der Waals surface area (Å²) in [5, 5.41) is 21.2. The van der Waals surface area contributed by atoms with Crippen LogP contribution in [-0.4, -0.2) is 62.9 Å². The molecule has 2 aliphatic heterocycles. The number of amides is 3. The highest BCUT2D eigenvalue weighted by Crippen LogP contribution is 2.29. The molecule has 3 aromatic carbocycles. The largest absolute Gasteiger partial charge is 0.508 e. The van der Waals surface area contributed by atoms with Crippen molar-refractivity contribution in [1.29, 1.82) is 0 Å². The van der Waals surface area contributed by atoms with Crippen LogP contribution in [0.2, 0.25) is 0 Å². The van der Waals surface area contributed by atoms with Gasteiger partial charge in [0.2, 0.25) is 17.7 Å². The normalized spacial score (nSPS) is 16.6. The van der Waals surface area contributed by atoms with Gasteiger partial charge in [0.15, 0.2) is 0 Å². The first-order valence-corrected chi connectivity index (χ1v) is 14.7. The van der Waals surface area contributed by atoms with Crippen molar-refractivity contribution in [3.05, 3.63) is 95.1 Å².